The van der Waals surface area contributed by atoms with Crippen LogP contribution in [0.5, 0.6) is 5.75 Å². The van der Waals surface area contributed by atoms with Crippen LogP contribution < -0.4 is 10.1 Å². The Morgan fingerprint density at radius 1 is 1.08 bits per heavy atom. The van der Waals surface area contributed by atoms with Crippen LogP contribution in [0.25, 0.3) is 11.0 Å². The Balaban J connectivity index is 1.86. The summed E-state index contributed by atoms with van der Waals surface area (Å²) >= 11 is 5.96. The lowest BCUT2D eigenvalue weighted by Crippen LogP contribution is -2.12. The lowest BCUT2D eigenvalue weighted by atomic mass is 10.2. The van der Waals surface area contributed by atoms with Gasteiger partial charge >= 0.3 is 5.97 Å². The van der Waals surface area contributed by atoms with Gasteiger partial charge in [0.1, 0.15) is 11.3 Å². The van der Waals surface area contributed by atoms with Gasteiger partial charge in [0.25, 0.3) is 5.91 Å². The summed E-state index contributed by atoms with van der Waals surface area (Å²) < 4.78 is 15.3. The molecule has 1 aromatic heterocycles. The summed E-state index contributed by atoms with van der Waals surface area (Å²) in [6.45, 7) is 0. The Hall–Kier alpha value is -2.99. The second-order valence-corrected chi connectivity index (χ2v) is 5.56. The first-order valence-electron chi connectivity index (χ1n) is 7.28. The minimum atomic E-state index is -0.586. The number of fused-ring (bicyclic) bond motifs is 1. The Bertz CT molecular complexity index is 963. The normalized spacial score (nSPS) is 10.5. The van der Waals surface area contributed by atoms with E-state index in [1.807, 2.05) is 0 Å². The largest absolute Gasteiger partial charge is 0.497 e. The van der Waals surface area contributed by atoms with Crippen molar-refractivity contribution >= 4 is 40.1 Å². The van der Waals surface area contributed by atoms with Crippen molar-refractivity contribution in [3.8, 4) is 5.75 Å². The fourth-order valence-electron chi connectivity index (χ4n) is 2.32. The number of halogens is 1. The quantitative estimate of drug-likeness (QED) is 0.708. The average molecular weight is 360 g/mol. The fraction of sp³-hybridized carbons (Fsp3) is 0.111. The Morgan fingerprint density at radius 2 is 1.88 bits per heavy atom. The first-order chi connectivity index (χ1) is 12.0. The van der Waals surface area contributed by atoms with E-state index in [4.69, 9.17) is 20.8 Å². The van der Waals surface area contributed by atoms with Crippen molar-refractivity contribution in [3.05, 3.63) is 58.8 Å². The summed E-state index contributed by atoms with van der Waals surface area (Å²) in [5, 5.41) is 3.65. The molecule has 0 aliphatic heterocycles. The maximum absolute atomic E-state index is 12.4. The van der Waals surface area contributed by atoms with E-state index in [2.05, 4.69) is 10.1 Å². The molecule has 0 bridgehead atoms. The molecule has 1 N–H and O–H groups in total. The van der Waals surface area contributed by atoms with Crippen LogP contribution in [0.2, 0.25) is 5.02 Å². The molecule has 2 aromatic carbocycles. The predicted molar refractivity (Wildman–Crippen MR) is 93.5 cm³/mol. The van der Waals surface area contributed by atoms with Crippen molar-refractivity contribution in [2.24, 2.45) is 0 Å². The topological polar surface area (TPSA) is 77.8 Å². The van der Waals surface area contributed by atoms with Gasteiger partial charge in [-0.1, -0.05) is 11.6 Å². The van der Waals surface area contributed by atoms with Gasteiger partial charge in [-0.05, 0) is 42.5 Å². The van der Waals surface area contributed by atoms with Crippen LogP contribution in [0.1, 0.15) is 20.9 Å². The van der Waals surface area contributed by atoms with Crippen LogP contribution in [0.3, 0.4) is 0 Å². The molecule has 0 aliphatic rings. The van der Waals surface area contributed by atoms with Gasteiger partial charge in [0.05, 0.1) is 24.8 Å². The van der Waals surface area contributed by atoms with E-state index < -0.39 is 11.9 Å². The third kappa shape index (κ3) is 3.44. The number of furan rings is 1. The second kappa shape index (κ2) is 6.86. The number of methoxy groups -OCH3 is 2. The molecule has 0 spiro atoms. The van der Waals surface area contributed by atoms with Gasteiger partial charge in [-0.3, -0.25) is 4.79 Å². The van der Waals surface area contributed by atoms with E-state index in [9.17, 15) is 9.59 Å². The van der Waals surface area contributed by atoms with E-state index in [1.165, 1.54) is 19.2 Å². The van der Waals surface area contributed by atoms with E-state index in [1.54, 1.807) is 37.4 Å². The van der Waals surface area contributed by atoms with Crippen LogP contribution >= 0.6 is 11.6 Å². The Labute approximate surface area is 148 Å². The molecule has 0 fully saturated rings. The molecule has 0 unspecified atom stereocenters. The zero-order valence-electron chi connectivity index (χ0n) is 13.5. The molecular formula is C18H14ClNO5. The Kier molecular flexibility index (Phi) is 4.63. The van der Waals surface area contributed by atoms with Gasteiger partial charge in [-0.2, -0.15) is 0 Å². The van der Waals surface area contributed by atoms with Gasteiger partial charge in [-0.25, -0.2) is 4.79 Å². The highest BCUT2D eigenvalue weighted by atomic mass is 35.5. The first kappa shape index (κ1) is 16.9. The lowest BCUT2D eigenvalue weighted by molar-refractivity contribution is 0.0600. The van der Waals surface area contributed by atoms with Crippen LogP contribution in [0.15, 0.2) is 46.9 Å². The summed E-state index contributed by atoms with van der Waals surface area (Å²) in [5.41, 5.74) is 1.13. The average Bonchev–Trinajstić information content (AvgIpc) is 3.05. The summed E-state index contributed by atoms with van der Waals surface area (Å²) in [6, 6.07) is 11.4. The number of esters is 1. The van der Waals surface area contributed by atoms with Crippen molar-refractivity contribution in [2.45, 2.75) is 0 Å². The van der Waals surface area contributed by atoms with Crippen molar-refractivity contribution < 1.29 is 23.5 Å². The van der Waals surface area contributed by atoms with E-state index >= 15 is 0 Å². The van der Waals surface area contributed by atoms with Crippen molar-refractivity contribution in [3.63, 3.8) is 0 Å². The van der Waals surface area contributed by atoms with Crippen LogP contribution in [0.4, 0.5) is 5.69 Å². The van der Waals surface area contributed by atoms with Gasteiger partial charge in [-0.15, -0.1) is 0 Å². The number of benzene rings is 2. The summed E-state index contributed by atoms with van der Waals surface area (Å²) in [7, 11) is 2.82. The maximum Gasteiger partial charge on any atom is 0.339 e. The highest BCUT2D eigenvalue weighted by Crippen LogP contribution is 2.26. The zero-order valence-corrected chi connectivity index (χ0v) is 14.2. The number of carbonyl (C=O) groups excluding carboxylic acids is 2. The monoisotopic (exact) mass is 359 g/mol. The molecule has 6 nitrogen and oxygen atoms in total. The highest BCUT2D eigenvalue weighted by Gasteiger charge is 2.16. The molecule has 0 saturated heterocycles. The van der Waals surface area contributed by atoms with Crippen molar-refractivity contribution in [1.29, 1.82) is 0 Å². The smallest absolute Gasteiger partial charge is 0.339 e. The number of hydrogen-bond acceptors (Lipinski definition) is 5. The molecule has 3 rings (SSSR count). The van der Waals surface area contributed by atoms with Crippen molar-refractivity contribution in [1.82, 2.24) is 0 Å². The molecule has 0 aliphatic carbocycles. The van der Waals surface area contributed by atoms with Gasteiger partial charge in [0.15, 0.2) is 5.76 Å². The fourth-order valence-corrected chi connectivity index (χ4v) is 2.52. The van der Waals surface area contributed by atoms with E-state index in [0.29, 0.717) is 17.0 Å². The van der Waals surface area contributed by atoms with Gasteiger partial charge in [0, 0.05) is 11.1 Å². The predicted octanol–water partition coefficient (Wildman–Crippen LogP) is 4.13. The van der Waals surface area contributed by atoms with E-state index in [0.717, 1.165) is 5.39 Å². The second-order valence-electron chi connectivity index (χ2n) is 5.15. The third-order valence-corrected chi connectivity index (χ3v) is 3.91. The van der Waals surface area contributed by atoms with E-state index in [-0.39, 0.29) is 16.3 Å². The SMILES string of the molecule is COC(=O)c1cc(NC(=O)c2cc3cc(OC)ccc3o2)ccc1Cl. The Morgan fingerprint density at radius 3 is 2.60 bits per heavy atom. The molecule has 128 valence electrons. The van der Waals surface area contributed by atoms with Crippen molar-refractivity contribution in [2.75, 3.05) is 19.5 Å². The minimum absolute atomic E-state index is 0.137. The third-order valence-electron chi connectivity index (χ3n) is 3.58. The molecule has 1 amide bonds. The summed E-state index contributed by atoms with van der Waals surface area (Å²) in [4.78, 5) is 24.1. The standard InChI is InChI=1S/C18H14ClNO5/c1-23-12-4-6-15-10(7-12)8-16(25-15)17(21)20-11-3-5-14(19)13(9-11)18(22)24-2/h3-9H,1-2H3,(H,20,21). The maximum atomic E-state index is 12.4. The van der Waals surface area contributed by atoms with Crippen LogP contribution in [-0.4, -0.2) is 26.1 Å². The molecule has 1 heterocycles. The highest BCUT2D eigenvalue weighted by molar-refractivity contribution is 6.33. The first-order valence-corrected chi connectivity index (χ1v) is 7.66. The molecule has 0 saturated carbocycles. The minimum Gasteiger partial charge on any atom is -0.497 e. The number of hydrogen-bond donors (Lipinski definition) is 1. The summed E-state index contributed by atoms with van der Waals surface area (Å²) in [6.07, 6.45) is 0. The number of anilines is 1. The lowest BCUT2D eigenvalue weighted by Gasteiger charge is -2.07. The molecule has 7 heteroatoms. The number of amides is 1. The van der Waals surface area contributed by atoms with Crippen LogP contribution in [0, 0.1) is 0 Å². The zero-order chi connectivity index (χ0) is 18.0. The molecule has 0 atom stereocenters. The number of carbonyl (C=O) groups is 2. The molecular weight excluding hydrogens is 346 g/mol. The number of ether oxygens (including phenoxy) is 2. The molecule has 3 aromatic rings. The molecule has 25 heavy (non-hydrogen) atoms. The molecule has 0 radical (unpaired) electrons. The van der Waals surface area contributed by atoms with Gasteiger partial charge in [0.2, 0.25) is 0 Å². The number of rotatable bonds is 4. The summed E-state index contributed by atoms with van der Waals surface area (Å²) in [5.74, 6) is -0.233. The van der Waals surface area contributed by atoms with Gasteiger partial charge < -0.3 is 19.2 Å². The number of nitrogens with one attached hydrogen (secondary N) is 1. The van der Waals surface area contributed by atoms with Crippen LogP contribution in [-0.2, 0) is 4.74 Å².